The minimum atomic E-state index is -0.153. The molecule has 0 aliphatic heterocycles. The van der Waals surface area contributed by atoms with Crippen LogP contribution in [0.25, 0.3) is 0 Å². The number of nitrogens with one attached hydrogen (secondary N) is 2. The van der Waals surface area contributed by atoms with Gasteiger partial charge < -0.3 is 25.8 Å². The molecule has 20 heavy (non-hydrogen) atoms. The second-order valence-corrected chi connectivity index (χ2v) is 4.32. The molecular formula is C14H23N3O3. The highest BCUT2D eigenvalue weighted by atomic mass is 16.5. The van der Waals surface area contributed by atoms with Crippen molar-refractivity contribution >= 4 is 17.3 Å². The molecule has 6 nitrogen and oxygen atoms in total. The summed E-state index contributed by atoms with van der Waals surface area (Å²) in [7, 11) is 3.26. The van der Waals surface area contributed by atoms with Crippen molar-refractivity contribution in [3.8, 4) is 0 Å². The van der Waals surface area contributed by atoms with Crippen LogP contribution in [-0.4, -0.2) is 46.4 Å². The third-order valence-electron chi connectivity index (χ3n) is 2.75. The lowest BCUT2D eigenvalue weighted by atomic mass is 10.1. The van der Waals surface area contributed by atoms with Gasteiger partial charge in [0.2, 0.25) is 0 Å². The van der Waals surface area contributed by atoms with Crippen LogP contribution in [0.3, 0.4) is 0 Å². The van der Waals surface area contributed by atoms with Crippen LogP contribution in [0.4, 0.5) is 11.4 Å². The van der Waals surface area contributed by atoms with E-state index < -0.39 is 0 Å². The first kappa shape index (κ1) is 16.3. The number of benzene rings is 1. The molecule has 1 aromatic rings. The molecule has 0 saturated heterocycles. The van der Waals surface area contributed by atoms with Gasteiger partial charge in [-0.3, -0.25) is 4.79 Å². The zero-order valence-corrected chi connectivity index (χ0v) is 12.1. The quantitative estimate of drug-likeness (QED) is 0.466. The van der Waals surface area contributed by atoms with Crippen LogP contribution in [0.2, 0.25) is 0 Å². The number of methoxy groups -OCH3 is 2. The van der Waals surface area contributed by atoms with Gasteiger partial charge in [0.1, 0.15) is 0 Å². The monoisotopic (exact) mass is 281 g/mol. The SMILES string of the molecule is COCCCNc1ccc(C(=O)NCCOC)cc1N. The van der Waals surface area contributed by atoms with Gasteiger partial charge in [-0.2, -0.15) is 0 Å². The molecule has 1 aromatic carbocycles. The fourth-order valence-corrected chi connectivity index (χ4v) is 1.67. The number of carbonyl (C=O) groups excluding carboxylic acids is 1. The van der Waals surface area contributed by atoms with E-state index in [0.29, 0.717) is 31.0 Å². The summed E-state index contributed by atoms with van der Waals surface area (Å²) in [5.41, 5.74) is 7.86. The molecule has 0 heterocycles. The Kier molecular flexibility index (Phi) is 7.46. The average molecular weight is 281 g/mol. The summed E-state index contributed by atoms with van der Waals surface area (Å²) in [4.78, 5) is 11.8. The fraction of sp³-hybridized carbons (Fsp3) is 0.500. The summed E-state index contributed by atoms with van der Waals surface area (Å²) in [6.45, 7) is 2.44. The first-order chi connectivity index (χ1) is 9.69. The maximum Gasteiger partial charge on any atom is 0.251 e. The van der Waals surface area contributed by atoms with Crippen molar-refractivity contribution in [2.24, 2.45) is 0 Å². The predicted octanol–water partition coefficient (Wildman–Crippen LogP) is 1.09. The predicted molar refractivity (Wildman–Crippen MR) is 80.0 cm³/mol. The number of hydrogen-bond acceptors (Lipinski definition) is 5. The Bertz CT molecular complexity index is 424. The standard InChI is InChI=1S/C14H23N3O3/c1-19-8-3-6-16-13-5-4-11(10-12(13)15)14(18)17-7-9-20-2/h4-5,10,16H,3,6-9,15H2,1-2H3,(H,17,18). The maximum absolute atomic E-state index is 11.8. The van der Waals surface area contributed by atoms with E-state index in [4.69, 9.17) is 15.2 Å². The zero-order chi connectivity index (χ0) is 14.8. The molecule has 0 fully saturated rings. The Balaban J connectivity index is 2.51. The Hall–Kier alpha value is -1.79. The highest BCUT2D eigenvalue weighted by Gasteiger charge is 2.07. The van der Waals surface area contributed by atoms with E-state index >= 15 is 0 Å². The van der Waals surface area contributed by atoms with E-state index in [1.165, 1.54) is 0 Å². The second-order valence-electron chi connectivity index (χ2n) is 4.32. The molecule has 0 aliphatic rings. The number of amides is 1. The molecule has 0 bridgehead atoms. The van der Waals surface area contributed by atoms with Crippen molar-refractivity contribution in [3.05, 3.63) is 23.8 Å². The molecule has 1 amide bonds. The van der Waals surface area contributed by atoms with Crippen molar-refractivity contribution in [3.63, 3.8) is 0 Å². The van der Waals surface area contributed by atoms with Gasteiger partial charge in [-0.05, 0) is 24.6 Å². The molecule has 0 atom stereocenters. The number of ether oxygens (including phenoxy) is 2. The molecule has 0 unspecified atom stereocenters. The van der Waals surface area contributed by atoms with E-state index in [1.807, 2.05) is 6.07 Å². The molecular weight excluding hydrogens is 258 g/mol. The van der Waals surface area contributed by atoms with Crippen molar-refractivity contribution in [1.82, 2.24) is 5.32 Å². The molecule has 0 radical (unpaired) electrons. The van der Waals surface area contributed by atoms with Gasteiger partial charge in [-0.1, -0.05) is 0 Å². The van der Waals surface area contributed by atoms with Gasteiger partial charge in [0.25, 0.3) is 5.91 Å². The molecule has 0 spiro atoms. The van der Waals surface area contributed by atoms with Crippen LogP contribution in [0.15, 0.2) is 18.2 Å². The lowest BCUT2D eigenvalue weighted by Crippen LogP contribution is -2.27. The highest BCUT2D eigenvalue weighted by molar-refractivity contribution is 5.96. The van der Waals surface area contributed by atoms with Gasteiger partial charge in [0.15, 0.2) is 0 Å². The molecule has 6 heteroatoms. The van der Waals surface area contributed by atoms with E-state index in [2.05, 4.69) is 10.6 Å². The minimum absolute atomic E-state index is 0.153. The van der Waals surface area contributed by atoms with E-state index in [1.54, 1.807) is 26.4 Å². The third-order valence-corrected chi connectivity index (χ3v) is 2.75. The summed E-state index contributed by atoms with van der Waals surface area (Å²) in [6, 6.07) is 5.23. The van der Waals surface area contributed by atoms with E-state index in [0.717, 1.165) is 18.7 Å². The van der Waals surface area contributed by atoms with Crippen molar-refractivity contribution in [2.75, 3.05) is 51.6 Å². The van der Waals surface area contributed by atoms with Crippen molar-refractivity contribution < 1.29 is 14.3 Å². The van der Waals surface area contributed by atoms with E-state index in [-0.39, 0.29) is 5.91 Å². The molecule has 0 aliphatic carbocycles. The largest absolute Gasteiger partial charge is 0.397 e. The van der Waals surface area contributed by atoms with Crippen LogP contribution in [-0.2, 0) is 9.47 Å². The van der Waals surface area contributed by atoms with Gasteiger partial charge in [0.05, 0.1) is 18.0 Å². The molecule has 0 saturated carbocycles. The zero-order valence-electron chi connectivity index (χ0n) is 12.1. The number of carbonyl (C=O) groups is 1. The summed E-state index contributed by atoms with van der Waals surface area (Å²) in [5.74, 6) is -0.153. The number of anilines is 2. The smallest absolute Gasteiger partial charge is 0.251 e. The lowest BCUT2D eigenvalue weighted by Gasteiger charge is -2.11. The van der Waals surface area contributed by atoms with Gasteiger partial charge >= 0.3 is 0 Å². The van der Waals surface area contributed by atoms with Crippen LogP contribution in [0, 0.1) is 0 Å². The first-order valence-corrected chi connectivity index (χ1v) is 6.58. The average Bonchev–Trinajstić information content (AvgIpc) is 2.45. The van der Waals surface area contributed by atoms with Gasteiger partial charge in [-0.25, -0.2) is 0 Å². The summed E-state index contributed by atoms with van der Waals surface area (Å²) < 4.78 is 9.85. The molecule has 0 aromatic heterocycles. The number of rotatable bonds is 9. The van der Waals surface area contributed by atoms with Crippen molar-refractivity contribution in [2.45, 2.75) is 6.42 Å². The molecule has 112 valence electrons. The molecule has 1 rings (SSSR count). The summed E-state index contributed by atoms with van der Waals surface area (Å²) in [5, 5.41) is 5.96. The van der Waals surface area contributed by atoms with Crippen molar-refractivity contribution in [1.29, 1.82) is 0 Å². The van der Waals surface area contributed by atoms with Crippen LogP contribution >= 0.6 is 0 Å². The third kappa shape index (κ3) is 5.46. The summed E-state index contributed by atoms with van der Waals surface area (Å²) in [6.07, 6.45) is 0.898. The van der Waals surface area contributed by atoms with Crippen LogP contribution < -0.4 is 16.4 Å². The van der Waals surface area contributed by atoms with Crippen LogP contribution in [0.1, 0.15) is 16.8 Å². The van der Waals surface area contributed by atoms with Gasteiger partial charge in [0, 0.05) is 39.5 Å². The molecule has 4 N–H and O–H groups in total. The first-order valence-electron chi connectivity index (χ1n) is 6.58. The maximum atomic E-state index is 11.8. The Labute approximate surface area is 119 Å². The second kappa shape index (κ2) is 9.17. The highest BCUT2D eigenvalue weighted by Crippen LogP contribution is 2.19. The number of nitrogen functional groups attached to an aromatic ring is 1. The number of nitrogens with two attached hydrogens (primary N) is 1. The summed E-state index contributed by atoms with van der Waals surface area (Å²) >= 11 is 0. The number of hydrogen-bond donors (Lipinski definition) is 3. The Morgan fingerprint density at radius 1 is 1.20 bits per heavy atom. The minimum Gasteiger partial charge on any atom is -0.397 e. The van der Waals surface area contributed by atoms with Gasteiger partial charge in [-0.15, -0.1) is 0 Å². The fourth-order valence-electron chi connectivity index (χ4n) is 1.67. The Morgan fingerprint density at radius 3 is 2.60 bits per heavy atom. The van der Waals surface area contributed by atoms with E-state index in [9.17, 15) is 4.79 Å². The normalized spacial score (nSPS) is 10.3. The lowest BCUT2D eigenvalue weighted by molar-refractivity contribution is 0.0937. The topological polar surface area (TPSA) is 85.6 Å². The van der Waals surface area contributed by atoms with Crippen LogP contribution in [0.5, 0.6) is 0 Å². The Morgan fingerprint density at radius 2 is 1.95 bits per heavy atom.